The predicted molar refractivity (Wildman–Crippen MR) is 68.7 cm³/mol. The van der Waals surface area contributed by atoms with Gasteiger partial charge in [0.05, 0.1) is 18.4 Å². The van der Waals surface area contributed by atoms with Crippen molar-refractivity contribution in [3.8, 4) is 0 Å². The quantitative estimate of drug-likeness (QED) is 0.730. The number of carbonyl (C=O) groups excluding carboxylic acids is 1. The molecule has 0 saturated heterocycles. The fraction of sp³-hybridized carbons (Fsp3) is 0.556. The lowest BCUT2D eigenvalue weighted by Crippen LogP contribution is -2.33. The summed E-state index contributed by atoms with van der Waals surface area (Å²) in [6.45, 7) is 5.78. The van der Waals surface area contributed by atoms with Crippen molar-refractivity contribution in [2.75, 3.05) is 0 Å². The first kappa shape index (κ1) is 11.7. The number of rotatable bonds is 0. The summed E-state index contributed by atoms with van der Waals surface area (Å²) >= 11 is 5.57. The molecule has 0 radical (unpaired) electrons. The van der Waals surface area contributed by atoms with Crippen molar-refractivity contribution in [2.24, 2.45) is 0 Å². The predicted octanol–water partition coefficient (Wildman–Crippen LogP) is 3.10. The normalized spacial score (nSPS) is 24.7. The molecule has 1 aliphatic heterocycles. The lowest BCUT2D eigenvalue weighted by atomic mass is 10.1. The first-order valence-corrected chi connectivity index (χ1v) is 7.77. The van der Waals surface area contributed by atoms with Gasteiger partial charge in [0.1, 0.15) is 0 Å². The van der Waals surface area contributed by atoms with Crippen LogP contribution in [0.1, 0.15) is 20.8 Å². The monoisotopic (exact) mass is 278 g/mol. The smallest absolute Gasteiger partial charge is 0.289 e. The first-order chi connectivity index (χ1) is 6.90. The van der Waals surface area contributed by atoms with Crippen molar-refractivity contribution in [3.63, 3.8) is 0 Å². The molecule has 1 atom stereocenters. The van der Waals surface area contributed by atoms with Crippen LogP contribution in [-0.4, -0.2) is 15.8 Å². The standard InChI is InChI=1S/C9H10O2S4/c1-4-5(10)9(2,3)15-7-6(12-4)13-8(11)14-7/h4H,1-3H3/t4-/m1/s1. The Morgan fingerprint density at radius 3 is 2.40 bits per heavy atom. The number of Topliss-reactive ketones (excluding diaryl/α,β-unsaturated/α-hetero) is 1. The van der Waals surface area contributed by atoms with Gasteiger partial charge in [0, 0.05) is 0 Å². The second-order valence-corrected chi connectivity index (χ2v) is 9.49. The van der Waals surface area contributed by atoms with Crippen LogP contribution in [0.5, 0.6) is 0 Å². The van der Waals surface area contributed by atoms with E-state index in [4.69, 9.17) is 0 Å². The molecule has 0 aliphatic carbocycles. The van der Waals surface area contributed by atoms with E-state index in [1.54, 1.807) is 0 Å². The molecule has 2 heterocycles. The van der Waals surface area contributed by atoms with E-state index in [1.165, 1.54) is 46.2 Å². The Bertz CT molecular complexity index is 457. The van der Waals surface area contributed by atoms with Gasteiger partial charge < -0.3 is 0 Å². The van der Waals surface area contributed by atoms with Gasteiger partial charge in [0.25, 0.3) is 4.06 Å². The third kappa shape index (κ3) is 2.18. The van der Waals surface area contributed by atoms with Crippen LogP contribution in [0.3, 0.4) is 0 Å². The summed E-state index contributed by atoms with van der Waals surface area (Å²) in [7, 11) is 0. The Morgan fingerprint density at radius 2 is 1.73 bits per heavy atom. The summed E-state index contributed by atoms with van der Waals surface area (Å²) in [5.74, 6) is 0.251. The molecule has 1 aromatic rings. The number of hydrogen-bond acceptors (Lipinski definition) is 6. The highest BCUT2D eigenvalue weighted by atomic mass is 32.2. The van der Waals surface area contributed by atoms with E-state index in [0.717, 1.165) is 8.42 Å². The zero-order valence-corrected chi connectivity index (χ0v) is 11.8. The Balaban J connectivity index is 2.49. The van der Waals surface area contributed by atoms with E-state index in [2.05, 4.69) is 0 Å². The molecule has 0 unspecified atom stereocenters. The Labute approximate surface area is 104 Å². The van der Waals surface area contributed by atoms with Crippen LogP contribution in [0.2, 0.25) is 0 Å². The van der Waals surface area contributed by atoms with Crippen LogP contribution in [0.25, 0.3) is 0 Å². The Morgan fingerprint density at radius 1 is 1.13 bits per heavy atom. The maximum Gasteiger partial charge on any atom is 0.289 e. The molecule has 2 rings (SSSR count). The van der Waals surface area contributed by atoms with E-state index in [9.17, 15) is 9.59 Å². The van der Waals surface area contributed by atoms with Crippen LogP contribution in [-0.2, 0) is 4.79 Å². The van der Waals surface area contributed by atoms with Crippen LogP contribution >= 0.6 is 46.2 Å². The summed E-state index contributed by atoms with van der Waals surface area (Å²) in [4.78, 5) is 23.3. The van der Waals surface area contributed by atoms with E-state index in [1.807, 2.05) is 20.8 Å². The summed E-state index contributed by atoms with van der Waals surface area (Å²) < 4.78 is 1.73. The summed E-state index contributed by atoms with van der Waals surface area (Å²) in [5, 5.41) is -0.0565. The zero-order valence-electron chi connectivity index (χ0n) is 8.53. The molecule has 0 bridgehead atoms. The van der Waals surface area contributed by atoms with Crippen LogP contribution in [0.15, 0.2) is 13.2 Å². The third-order valence-corrected chi connectivity index (χ3v) is 7.37. The first-order valence-electron chi connectivity index (χ1n) is 4.44. The minimum absolute atomic E-state index is 0.0565. The lowest BCUT2D eigenvalue weighted by molar-refractivity contribution is -0.119. The van der Waals surface area contributed by atoms with Gasteiger partial charge in [0.15, 0.2) is 5.78 Å². The summed E-state index contributed by atoms with van der Waals surface area (Å²) in [6, 6.07) is 0. The molecule has 15 heavy (non-hydrogen) atoms. The molecule has 0 saturated carbocycles. The summed E-state index contributed by atoms with van der Waals surface area (Å²) in [5.41, 5.74) is 0. The minimum atomic E-state index is -0.415. The van der Waals surface area contributed by atoms with Crippen molar-refractivity contribution in [2.45, 2.75) is 39.2 Å². The second-order valence-electron chi connectivity index (χ2n) is 3.77. The van der Waals surface area contributed by atoms with E-state index < -0.39 is 4.75 Å². The van der Waals surface area contributed by atoms with Gasteiger partial charge in [-0.2, -0.15) is 0 Å². The number of thioether (sulfide) groups is 2. The van der Waals surface area contributed by atoms with Gasteiger partial charge in [0.2, 0.25) is 0 Å². The second kappa shape index (κ2) is 3.91. The molecule has 0 aromatic carbocycles. The van der Waals surface area contributed by atoms with Gasteiger partial charge >= 0.3 is 0 Å². The summed E-state index contributed by atoms with van der Waals surface area (Å²) in [6.07, 6.45) is 0. The maximum atomic E-state index is 12.0. The molecular weight excluding hydrogens is 268 g/mol. The topological polar surface area (TPSA) is 34.1 Å². The Hall–Kier alpha value is 0.220. The number of fused-ring (bicyclic) bond motifs is 1. The van der Waals surface area contributed by atoms with Gasteiger partial charge in [-0.3, -0.25) is 9.59 Å². The molecule has 0 fully saturated rings. The van der Waals surface area contributed by atoms with Crippen molar-refractivity contribution >= 4 is 52.0 Å². The number of ketones is 1. The molecular formula is C9H10O2S4. The molecule has 0 spiro atoms. The van der Waals surface area contributed by atoms with Crippen LogP contribution in [0, 0.1) is 0 Å². The fourth-order valence-electron chi connectivity index (χ4n) is 1.38. The largest absolute Gasteiger partial charge is 0.297 e. The molecule has 6 heteroatoms. The molecule has 0 amide bonds. The SMILES string of the molecule is C[C@H]1Sc2sc(=O)sc2SC(C)(C)C1=O. The molecule has 82 valence electrons. The average molecular weight is 278 g/mol. The zero-order chi connectivity index (χ0) is 11.2. The van der Waals surface area contributed by atoms with Crippen LogP contribution < -0.4 is 4.06 Å². The van der Waals surface area contributed by atoms with E-state index in [0.29, 0.717) is 0 Å². The average Bonchev–Trinajstić information content (AvgIpc) is 2.40. The van der Waals surface area contributed by atoms with E-state index in [-0.39, 0.29) is 15.1 Å². The van der Waals surface area contributed by atoms with Crippen molar-refractivity contribution < 1.29 is 4.79 Å². The highest BCUT2D eigenvalue weighted by Crippen LogP contribution is 2.48. The fourth-order valence-corrected chi connectivity index (χ4v) is 7.46. The van der Waals surface area contributed by atoms with Gasteiger partial charge in [-0.05, 0) is 20.8 Å². The van der Waals surface area contributed by atoms with Crippen molar-refractivity contribution in [1.29, 1.82) is 0 Å². The number of hydrogen-bond donors (Lipinski definition) is 0. The Kier molecular flexibility index (Phi) is 3.05. The van der Waals surface area contributed by atoms with Crippen LogP contribution in [0.4, 0.5) is 0 Å². The number of carbonyl (C=O) groups is 1. The van der Waals surface area contributed by atoms with Gasteiger partial charge in [-0.15, -0.1) is 11.8 Å². The molecule has 2 nitrogen and oxygen atoms in total. The highest BCUT2D eigenvalue weighted by molar-refractivity contribution is 8.07. The van der Waals surface area contributed by atoms with Gasteiger partial charge in [-0.1, -0.05) is 34.4 Å². The van der Waals surface area contributed by atoms with Crippen molar-refractivity contribution in [1.82, 2.24) is 0 Å². The highest BCUT2D eigenvalue weighted by Gasteiger charge is 2.38. The van der Waals surface area contributed by atoms with Gasteiger partial charge in [-0.25, -0.2) is 0 Å². The molecule has 1 aromatic heterocycles. The van der Waals surface area contributed by atoms with Crippen molar-refractivity contribution in [3.05, 3.63) is 8.85 Å². The lowest BCUT2D eigenvalue weighted by Gasteiger charge is -2.21. The molecule has 0 N–H and O–H groups in total. The third-order valence-electron chi connectivity index (χ3n) is 2.11. The maximum absolute atomic E-state index is 12.0. The minimum Gasteiger partial charge on any atom is -0.297 e. The van der Waals surface area contributed by atoms with E-state index >= 15 is 0 Å². The molecule has 1 aliphatic rings.